The average molecular weight is 323 g/mol. The van der Waals surface area contributed by atoms with Gasteiger partial charge in [-0.25, -0.2) is 0 Å². The Morgan fingerprint density at radius 1 is 1.25 bits per heavy atom. The molecule has 0 spiro atoms. The molecule has 0 aliphatic carbocycles. The van der Waals surface area contributed by atoms with Crippen molar-refractivity contribution in [3.63, 3.8) is 0 Å². The SMILES string of the molecule is CCc1ccccc1NC(=O)c1cncc(N2CCC(C)CC2)c1. The zero-order valence-corrected chi connectivity index (χ0v) is 14.5. The van der Waals surface area contributed by atoms with Crippen LogP contribution in [0.4, 0.5) is 11.4 Å². The molecule has 1 saturated heterocycles. The van der Waals surface area contributed by atoms with Gasteiger partial charge in [0.1, 0.15) is 0 Å². The smallest absolute Gasteiger partial charge is 0.257 e. The number of benzene rings is 1. The maximum Gasteiger partial charge on any atom is 0.257 e. The van der Waals surface area contributed by atoms with Crippen LogP contribution in [0.2, 0.25) is 0 Å². The molecule has 1 aliphatic rings. The minimum atomic E-state index is -0.101. The first-order chi connectivity index (χ1) is 11.7. The average Bonchev–Trinajstić information content (AvgIpc) is 2.63. The number of aromatic nitrogens is 1. The summed E-state index contributed by atoms with van der Waals surface area (Å²) < 4.78 is 0. The molecular weight excluding hydrogens is 298 g/mol. The molecule has 3 rings (SSSR count). The number of para-hydroxylation sites is 1. The number of aryl methyl sites for hydroxylation is 1. The van der Waals surface area contributed by atoms with E-state index in [2.05, 4.69) is 29.0 Å². The molecule has 1 aromatic carbocycles. The van der Waals surface area contributed by atoms with E-state index in [-0.39, 0.29) is 5.91 Å². The summed E-state index contributed by atoms with van der Waals surface area (Å²) in [6, 6.07) is 9.87. The Morgan fingerprint density at radius 3 is 2.75 bits per heavy atom. The first kappa shape index (κ1) is 16.5. The Balaban J connectivity index is 1.75. The molecule has 2 aromatic rings. The lowest BCUT2D eigenvalue weighted by Gasteiger charge is -2.32. The van der Waals surface area contributed by atoms with Crippen LogP contribution in [-0.2, 0) is 6.42 Å². The molecule has 1 N–H and O–H groups in total. The van der Waals surface area contributed by atoms with E-state index in [0.717, 1.165) is 42.4 Å². The van der Waals surface area contributed by atoms with Gasteiger partial charge in [0.2, 0.25) is 0 Å². The van der Waals surface area contributed by atoms with Gasteiger partial charge >= 0.3 is 0 Å². The van der Waals surface area contributed by atoms with E-state index in [1.54, 1.807) is 6.20 Å². The summed E-state index contributed by atoms with van der Waals surface area (Å²) in [6.45, 7) is 6.45. The summed E-state index contributed by atoms with van der Waals surface area (Å²) in [5.41, 5.74) is 3.66. The van der Waals surface area contributed by atoms with Crippen LogP contribution in [0, 0.1) is 5.92 Å². The van der Waals surface area contributed by atoms with Crippen molar-refractivity contribution in [3.05, 3.63) is 53.9 Å². The molecule has 4 heteroatoms. The zero-order chi connectivity index (χ0) is 16.9. The predicted octanol–water partition coefficient (Wildman–Crippen LogP) is 4.13. The first-order valence-electron chi connectivity index (χ1n) is 8.76. The van der Waals surface area contributed by atoms with Crippen molar-refractivity contribution in [2.24, 2.45) is 5.92 Å². The van der Waals surface area contributed by atoms with Gasteiger partial charge in [0.15, 0.2) is 0 Å². The topological polar surface area (TPSA) is 45.2 Å². The predicted molar refractivity (Wildman–Crippen MR) is 98.6 cm³/mol. The molecule has 4 nitrogen and oxygen atoms in total. The van der Waals surface area contributed by atoms with Crippen molar-refractivity contribution in [1.29, 1.82) is 0 Å². The Bertz CT molecular complexity index is 706. The number of rotatable bonds is 4. The molecule has 1 fully saturated rings. The van der Waals surface area contributed by atoms with Crippen molar-refractivity contribution < 1.29 is 4.79 Å². The van der Waals surface area contributed by atoms with Gasteiger partial charge in [-0.05, 0) is 42.9 Å². The second kappa shape index (κ2) is 7.47. The number of carbonyl (C=O) groups excluding carboxylic acids is 1. The van der Waals surface area contributed by atoms with Gasteiger partial charge in [-0.1, -0.05) is 32.0 Å². The molecule has 0 radical (unpaired) electrons. The molecule has 0 atom stereocenters. The monoisotopic (exact) mass is 323 g/mol. The van der Waals surface area contributed by atoms with E-state index in [0.29, 0.717) is 5.56 Å². The fourth-order valence-corrected chi connectivity index (χ4v) is 3.14. The minimum absolute atomic E-state index is 0.101. The number of amides is 1. The van der Waals surface area contributed by atoms with Crippen LogP contribution in [0.1, 0.15) is 42.6 Å². The van der Waals surface area contributed by atoms with Crippen LogP contribution in [0.15, 0.2) is 42.7 Å². The summed E-state index contributed by atoms with van der Waals surface area (Å²) in [6.07, 6.45) is 6.77. The summed E-state index contributed by atoms with van der Waals surface area (Å²) in [4.78, 5) is 19.2. The highest BCUT2D eigenvalue weighted by Crippen LogP contribution is 2.23. The van der Waals surface area contributed by atoms with Crippen LogP contribution < -0.4 is 10.2 Å². The number of hydrogen-bond acceptors (Lipinski definition) is 3. The maximum absolute atomic E-state index is 12.6. The van der Waals surface area contributed by atoms with Crippen LogP contribution in [0.5, 0.6) is 0 Å². The summed E-state index contributed by atoms with van der Waals surface area (Å²) in [7, 11) is 0. The highest BCUT2D eigenvalue weighted by atomic mass is 16.1. The van der Waals surface area contributed by atoms with Gasteiger partial charge in [0.05, 0.1) is 17.4 Å². The van der Waals surface area contributed by atoms with Crippen molar-refractivity contribution in [3.8, 4) is 0 Å². The number of nitrogens with zero attached hydrogens (tertiary/aromatic N) is 2. The Morgan fingerprint density at radius 2 is 2.00 bits per heavy atom. The molecule has 24 heavy (non-hydrogen) atoms. The van der Waals surface area contributed by atoms with Crippen LogP contribution in [0.3, 0.4) is 0 Å². The standard InChI is InChI=1S/C20H25N3O/c1-3-16-6-4-5-7-19(16)22-20(24)17-12-18(14-21-13-17)23-10-8-15(2)9-11-23/h4-7,12-15H,3,8-11H2,1-2H3,(H,22,24). The second-order valence-electron chi connectivity index (χ2n) is 6.57. The molecule has 0 bridgehead atoms. The normalized spacial score (nSPS) is 15.3. The van der Waals surface area contributed by atoms with Gasteiger partial charge < -0.3 is 10.2 Å². The number of hydrogen-bond donors (Lipinski definition) is 1. The van der Waals surface area contributed by atoms with Gasteiger partial charge in [0, 0.05) is 25.0 Å². The highest BCUT2D eigenvalue weighted by molar-refractivity contribution is 6.05. The maximum atomic E-state index is 12.6. The molecule has 1 aromatic heterocycles. The largest absolute Gasteiger partial charge is 0.370 e. The van der Waals surface area contributed by atoms with Crippen molar-refractivity contribution >= 4 is 17.3 Å². The number of carbonyl (C=O) groups is 1. The third-order valence-corrected chi connectivity index (χ3v) is 4.78. The highest BCUT2D eigenvalue weighted by Gasteiger charge is 2.17. The van der Waals surface area contributed by atoms with E-state index in [9.17, 15) is 4.79 Å². The van der Waals surface area contributed by atoms with Gasteiger partial charge in [-0.2, -0.15) is 0 Å². The zero-order valence-electron chi connectivity index (χ0n) is 14.5. The molecule has 126 valence electrons. The fraction of sp³-hybridized carbons (Fsp3) is 0.400. The summed E-state index contributed by atoms with van der Waals surface area (Å²) in [5.74, 6) is 0.682. The van der Waals surface area contributed by atoms with Gasteiger partial charge in [-0.3, -0.25) is 9.78 Å². The van der Waals surface area contributed by atoms with E-state index < -0.39 is 0 Å². The summed E-state index contributed by atoms with van der Waals surface area (Å²) in [5, 5.41) is 3.02. The van der Waals surface area contributed by atoms with E-state index in [4.69, 9.17) is 0 Å². The molecule has 2 heterocycles. The Kier molecular flexibility index (Phi) is 5.14. The lowest BCUT2D eigenvalue weighted by Crippen LogP contribution is -2.33. The quantitative estimate of drug-likeness (QED) is 0.920. The third kappa shape index (κ3) is 3.75. The van der Waals surface area contributed by atoms with E-state index in [1.165, 1.54) is 12.8 Å². The van der Waals surface area contributed by atoms with Gasteiger partial charge in [-0.15, -0.1) is 0 Å². The second-order valence-corrected chi connectivity index (χ2v) is 6.57. The molecule has 0 saturated carbocycles. The van der Waals surface area contributed by atoms with E-state index >= 15 is 0 Å². The number of piperidine rings is 1. The number of nitrogens with one attached hydrogen (secondary N) is 1. The van der Waals surface area contributed by atoms with Crippen molar-refractivity contribution in [2.75, 3.05) is 23.3 Å². The van der Waals surface area contributed by atoms with Crippen molar-refractivity contribution in [1.82, 2.24) is 4.98 Å². The Hall–Kier alpha value is -2.36. The molecule has 0 unspecified atom stereocenters. The van der Waals surface area contributed by atoms with Crippen molar-refractivity contribution in [2.45, 2.75) is 33.1 Å². The molecule has 1 aliphatic heterocycles. The summed E-state index contributed by atoms with van der Waals surface area (Å²) >= 11 is 0. The first-order valence-corrected chi connectivity index (χ1v) is 8.76. The lowest BCUT2D eigenvalue weighted by atomic mass is 9.99. The Labute approximate surface area is 143 Å². The number of pyridine rings is 1. The van der Waals surface area contributed by atoms with Crippen LogP contribution >= 0.6 is 0 Å². The van der Waals surface area contributed by atoms with Gasteiger partial charge in [0.25, 0.3) is 5.91 Å². The van der Waals surface area contributed by atoms with Crippen LogP contribution in [-0.4, -0.2) is 24.0 Å². The van der Waals surface area contributed by atoms with E-state index in [1.807, 2.05) is 36.5 Å². The lowest BCUT2D eigenvalue weighted by molar-refractivity contribution is 0.102. The third-order valence-electron chi connectivity index (χ3n) is 4.78. The molecular formula is C20H25N3O. The fourth-order valence-electron chi connectivity index (χ4n) is 3.14. The van der Waals surface area contributed by atoms with Crippen LogP contribution in [0.25, 0.3) is 0 Å². The number of anilines is 2. The molecule has 1 amide bonds. The minimum Gasteiger partial charge on any atom is -0.370 e.